The molecular formula is C13H13N3O7S. The van der Waals surface area contributed by atoms with Crippen molar-refractivity contribution in [1.29, 1.82) is 0 Å². The van der Waals surface area contributed by atoms with Crippen LogP contribution >= 0.6 is 0 Å². The predicted octanol–water partition coefficient (Wildman–Crippen LogP) is 1.87. The maximum absolute atomic E-state index is 12.3. The number of carbonyl (C=O) groups excluding carboxylic acids is 1. The first-order valence-corrected chi connectivity index (χ1v) is 8.15. The summed E-state index contributed by atoms with van der Waals surface area (Å²) < 4.78 is 36.3. The van der Waals surface area contributed by atoms with Crippen LogP contribution in [0.5, 0.6) is 0 Å². The van der Waals surface area contributed by atoms with Crippen molar-refractivity contribution in [2.24, 2.45) is 0 Å². The molecule has 1 heterocycles. The van der Waals surface area contributed by atoms with E-state index in [1.54, 1.807) is 6.92 Å². The average Bonchev–Trinajstić information content (AvgIpc) is 2.87. The number of sulfonamides is 1. The highest BCUT2D eigenvalue weighted by Crippen LogP contribution is 2.24. The zero-order valence-electron chi connectivity index (χ0n) is 12.7. The molecule has 2 aromatic rings. The highest BCUT2D eigenvalue weighted by molar-refractivity contribution is 7.92. The highest BCUT2D eigenvalue weighted by atomic mass is 32.2. The summed E-state index contributed by atoms with van der Waals surface area (Å²) >= 11 is 0. The molecule has 0 atom stereocenters. The van der Waals surface area contributed by atoms with Gasteiger partial charge in [-0.25, -0.2) is 17.9 Å². The van der Waals surface area contributed by atoms with E-state index in [0.29, 0.717) is 0 Å². The summed E-state index contributed by atoms with van der Waals surface area (Å²) in [6, 6.07) is 4.22. The average molecular weight is 355 g/mol. The van der Waals surface area contributed by atoms with Crippen molar-refractivity contribution in [2.45, 2.75) is 18.7 Å². The van der Waals surface area contributed by atoms with Crippen LogP contribution in [-0.4, -0.2) is 31.1 Å². The van der Waals surface area contributed by atoms with Crippen LogP contribution < -0.4 is 4.72 Å². The molecule has 0 aliphatic rings. The Balaban J connectivity index is 2.33. The number of hydrogen-bond acceptors (Lipinski definition) is 8. The van der Waals surface area contributed by atoms with Crippen LogP contribution in [0, 0.1) is 17.0 Å². The van der Waals surface area contributed by atoms with Gasteiger partial charge in [0, 0.05) is 12.1 Å². The summed E-state index contributed by atoms with van der Waals surface area (Å²) in [4.78, 5) is 21.6. The normalized spacial score (nSPS) is 11.1. The molecule has 1 aromatic carbocycles. The Bertz CT molecular complexity index is 871. The molecule has 0 unspecified atom stereocenters. The maximum atomic E-state index is 12.3. The molecule has 10 nitrogen and oxygen atoms in total. The van der Waals surface area contributed by atoms with Gasteiger partial charge < -0.3 is 9.26 Å². The Kier molecular flexibility index (Phi) is 4.83. The summed E-state index contributed by atoms with van der Waals surface area (Å²) in [5, 5.41) is 14.1. The van der Waals surface area contributed by atoms with Gasteiger partial charge in [-0.15, -0.1) is 0 Å². The second-order valence-corrected chi connectivity index (χ2v) is 6.23. The smallest absolute Gasteiger partial charge is 0.345 e. The Morgan fingerprint density at radius 2 is 2.00 bits per heavy atom. The summed E-state index contributed by atoms with van der Waals surface area (Å²) in [5.74, 6) is -1.16. The van der Waals surface area contributed by atoms with Crippen molar-refractivity contribution >= 4 is 27.6 Å². The largest absolute Gasteiger partial charge is 0.462 e. The van der Waals surface area contributed by atoms with Gasteiger partial charge in [-0.1, -0.05) is 5.16 Å². The van der Waals surface area contributed by atoms with Crippen LogP contribution in [0.15, 0.2) is 33.7 Å². The number of nitrogens with one attached hydrogen (secondary N) is 1. The van der Waals surface area contributed by atoms with Crippen molar-refractivity contribution in [1.82, 2.24) is 5.16 Å². The molecule has 1 N–H and O–H groups in total. The van der Waals surface area contributed by atoms with Gasteiger partial charge in [-0.05, 0) is 26.0 Å². The lowest BCUT2D eigenvalue weighted by Gasteiger charge is -2.06. The molecule has 0 amide bonds. The number of nitro benzene ring substituents is 1. The van der Waals surface area contributed by atoms with Crippen molar-refractivity contribution in [3.05, 3.63) is 45.6 Å². The van der Waals surface area contributed by atoms with Gasteiger partial charge in [0.05, 0.1) is 22.1 Å². The van der Waals surface area contributed by atoms with Gasteiger partial charge in [-0.2, -0.15) is 0 Å². The standard InChI is InChI=1S/C13H13N3O7S/c1-3-22-13(17)11-8(2)14-23-12(11)15-24(20,21)10-6-4-9(5-7-10)16(18)19/h4-7,15H,3H2,1-2H3. The van der Waals surface area contributed by atoms with Crippen LogP contribution in [0.2, 0.25) is 0 Å². The van der Waals surface area contributed by atoms with Crippen molar-refractivity contribution in [3.63, 3.8) is 0 Å². The predicted molar refractivity (Wildman–Crippen MR) is 81.1 cm³/mol. The van der Waals surface area contributed by atoms with E-state index in [1.807, 2.05) is 0 Å². The summed E-state index contributed by atoms with van der Waals surface area (Å²) in [6.45, 7) is 3.15. The minimum absolute atomic E-state index is 0.0952. The van der Waals surface area contributed by atoms with E-state index in [9.17, 15) is 23.3 Å². The fourth-order valence-electron chi connectivity index (χ4n) is 1.81. The number of carbonyl (C=O) groups is 1. The third kappa shape index (κ3) is 3.51. The molecular weight excluding hydrogens is 342 g/mol. The highest BCUT2D eigenvalue weighted by Gasteiger charge is 2.26. The Labute approximate surface area is 136 Å². The van der Waals surface area contributed by atoms with Crippen LogP contribution in [-0.2, 0) is 14.8 Å². The number of ether oxygens (including phenoxy) is 1. The summed E-state index contributed by atoms with van der Waals surface area (Å²) in [7, 11) is -4.13. The monoisotopic (exact) mass is 355 g/mol. The summed E-state index contributed by atoms with van der Waals surface area (Å²) in [5.41, 5.74) is -0.228. The minimum Gasteiger partial charge on any atom is -0.462 e. The molecule has 0 saturated heterocycles. The van der Waals surface area contributed by atoms with E-state index in [1.165, 1.54) is 6.92 Å². The molecule has 0 aliphatic heterocycles. The summed E-state index contributed by atoms with van der Waals surface area (Å²) in [6.07, 6.45) is 0. The quantitative estimate of drug-likeness (QED) is 0.470. The van der Waals surface area contributed by atoms with E-state index in [-0.39, 0.29) is 34.3 Å². The molecule has 11 heteroatoms. The van der Waals surface area contributed by atoms with E-state index >= 15 is 0 Å². The third-order valence-electron chi connectivity index (χ3n) is 2.93. The number of hydrogen-bond donors (Lipinski definition) is 1. The van der Waals surface area contributed by atoms with E-state index in [4.69, 9.17) is 9.26 Å². The van der Waals surface area contributed by atoms with E-state index in [2.05, 4.69) is 9.88 Å². The number of anilines is 1. The first-order chi connectivity index (χ1) is 11.3. The Morgan fingerprint density at radius 1 is 1.38 bits per heavy atom. The fourth-order valence-corrected chi connectivity index (χ4v) is 2.81. The van der Waals surface area contributed by atoms with E-state index in [0.717, 1.165) is 24.3 Å². The number of esters is 1. The second-order valence-electron chi connectivity index (χ2n) is 4.55. The SMILES string of the molecule is CCOC(=O)c1c(C)noc1NS(=O)(=O)c1ccc([N+](=O)[O-])cc1. The van der Waals surface area contributed by atoms with Gasteiger partial charge in [-0.3, -0.25) is 10.1 Å². The van der Waals surface area contributed by atoms with Crippen LogP contribution in [0.25, 0.3) is 0 Å². The van der Waals surface area contributed by atoms with Crippen molar-refractivity contribution in [2.75, 3.05) is 11.3 Å². The number of non-ortho nitro benzene ring substituents is 1. The first-order valence-electron chi connectivity index (χ1n) is 6.67. The number of nitrogens with zero attached hydrogens (tertiary/aromatic N) is 2. The lowest BCUT2D eigenvalue weighted by atomic mass is 10.2. The van der Waals surface area contributed by atoms with Gasteiger partial charge in [0.2, 0.25) is 0 Å². The fraction of sp³-hybridized carbons (Fsp3) is 0.231. The van der Waals surface area contributed by atoms with E-state index < -0.39 is 20.9 Å². The topological polar surface area (TPSA) is 142 Å². The molecule has 2 rings (SSSR count). The van der Waals surface area contributed by atoms with Crippen LogP contribution in [0.1, 0.15) is 23.0 Å². The Hall–Kier alpha value is -2.95. The molecule has 24 heavy (non-hydrogen) atoms. The number of nitro groups is 1. The Morgan fingerprint density at radius 3 is 2.54 bits per heavy atom. The van der Waals surface area contributed by atoms with Gasteiger partial charge in [0.1, 0.15) is 5.56 Å². The zero-order chi connectivity index (χ0) is 17.9. The molecule has 0 radical (unpaired) electrons. The number of benzene rings is 1. The minimum atomic E-state index is -4.13. The lowest BCUT2D eigenvalue weighted by molar-refractivity contribution is -0.384. The van der Waals surface area contributed by atoms with Crippen molar-refractivity contribution < 1.29 is 27.4 Å². The maximum Gasteiger partial charge on any atom is 0.345 e. The second kappa shape index (κ2) is 6.66. The third-order valence-corrected chi connectivity index (χ3v) is 4.27. The van der Waals surface area contributed by atoms with Crippen molar-refractivity contribution in [3.8, 4) is 0 Å². The van der Waals surface area contributed by atoms with Gasteiger partial charge in [0.25, 0.3) is 21.6 Å². The number of rotatable bonds is 6. The number of aromatic nitrogens is 1. The molecule has 0 saturated carbocycles. The molecule has 0 fully saturated rings. The number of aryl methyl sites for hydroxylation is 1. The van der Waals surface area contributed by atoms with Crippen LogP contribution in [0.4, 0.5) is 11.6 Å². The van der Waals surface area contributed by atoms with Gasteiger partial charge >= 0.3 is 5.97 Å². The molecule has 0 spiro atoms. The first kappa shape index (κ1) is 17.4. The van der Waals surface area contributed by atoms with Crippen LogP contribution in [0.3, 0.4) is 0 Å². The lowest BCUT2D eigenvalue weighted by Crippen LogP contribution is -2.16. The molecule has 0 bridgehead atoms. The zero-order valence-corrected chi connectivity index (χ0v) is 13.5. The molecule has 128 valence electrons. The molecule has 0 aliphatic carbocycles. The molecule has 1 aromatic heterocycles. The van der Waals surface area contributed by atoms with Gasteiger partial charge in [0.15, 0.2) is 0 Å².